The first kappa shape index (κ1) is 15.6. The monoisotopic (exact) mass is 347 g/mol. The van der Waals surface area contributed by atoms with Crippen LogP contribution in [0.25, 0.3) is 0 Å². The molecule has 0 aromatic heterocycles. The summed E-state index contributed by atoms with van der Waals surface area (Å²) in [5.74, 6) is 0.847. The second-order valence-electron chi connectivity index (χ2n) is 5.19. The quantitative estimate of drug-likeness (QED) is 0.878. The minimum absolute atomic E-state index is 0.384. The molecular weight excluding hydrogens is 330 g/mol. The fourth-order valence-corrected chi connectivity index (χ4v) is 2.41. The third-order valence-corrected chi connectivity index (χ3v) is 3.72. The van der Waals surface area contributed by atoms with Gasteiger partial charge in [-0.25, -0.2) is 0 Å². The molecular formula is C17H18BrNO2. The molecule has 0 heterocycles. The van der Waals surface area contributed by atoms with Gasteiger partial charge in [0, 0.05) is 10.0 Å². The minimum Gasteiger partial charge on any atom is -0.489 e. The van der Waals surface area contributed by atoms with E-state index in [1.807, 2.05) is 24.3 Å². The number of benzene rings is 2. The first-order valence-corrected chi connectivity index (χ1v) is 7.57. The maximum absolute atomic E-state index is 11.0. The SMILES string of the molecule is CC(C)c1cc(Br)ccc1OCc1ccc(C(N)=O)cc1. The van der Waals surface area contributed by atoms with Gasteiger partial charge < -0.3 is 10.5 Å². The van der Waals surface area contributed by atoms with Crippen molar-refractivity contribution in [3.05, 3.63) is 63.6 Å². The van der Waals surface area contributed by atoms with Crippen LogP contribution in [0.15, 0.2) is 46.9 Å². The molecule has 21 heavy (non-hydrogen) atoms. The van der Waals surface area contributed by atoms with Crippen molar-refractivity contribution in [3.8, 4) is 5.75 Å². The molecule has 0 spiro atoms. The zero-order valence-corrected chi connectivity index (χ0v) is 13.7. The highest BCUT2D eigenvalue weighted by Crippen LogP contribution is 2.30. The standard InChI is InChI=1S/C17H18BrNO2/c1-11(2)15-9-14(18)7-8-16(15)21-10-12-3-5-13(6-4-12)17(19)20/h3-9,11H,10H2,1-2H3,(H2,19,20). The molecule has 110 valence electrons. The van der Waals surface area contributed by atoms with Gasteiger partial charge in [0.25, 0.3) is 0 Å². The van der Waals surface area contributed by atoms with Gasteiger partial charge >= 0.3 is 0 Å². The highest BCUT2D eigenvalue weighted by atomic mass is 79.9. The molecule has 0 aliphatic rings. The first-order valence-electron chi connectivity index (χ1n) is 6.78. The second kappa shape index (κ2) is 6.76. The van der Waals surface area contributed by atoms with E-state index >= 15 is 0 Å². The van der Waals surface area contributed by atoms with Crippen LogP contribution in [0.2, 0.25) is 0 Å². The van der Waals surface area contributed by atoms with E-state index in [9.17, 15) is 4.79 Å². The lowest BCUT2D eigenvalue weighted by Crippen LogP contribution is -2.10. The van der Waals surface area contributed by atoms with E-state index in [0.29, 0.717) is 18.1 Å². The van der Waals surface area contributed by atoms with Crippen molar-refractivity contribution in [3.63, 3.8) is 0 Å². The zero-order valence-electron chi connectivity index (χ0n) is 12.1. The van der Waals surface area contributed by atoms with Crippen LogP contribution in [-0.2, 0) is 6.61 Å². The number of ether oxygens (including phenoxy) is 1. The summed E-state index contributed by atoms with van der Waals surface area (Å²) in [6.45, 7) is 4.73. The number of rotatable bonds is 5. The smallest absolute Gasteiger partial charge is 0.248 e. The molecule has 0 saturated heterocycles. The number of amides is 1. The van der Waals surface area contributed by atoms with E-state index in [2.05, 4.69) is 35.8 Å². The van der Waals surface area contributed by atoms with Crippen molar-refractivity contribution in [2.24, 2.45) is 5.73 Å². The van der Waals surface area contributed by atoms with Gasteiger partial charge in [-0.15, -0.1) is 0 Å². The average Bonchev–Trinajstić information content (AvgIpc) is 2.46. The molecule has 0 unspecified atom stereocenters. The second-order valence-corrected chi connectivity index (χ2v) is 6.10. The van der Waals surface area contributed by atoms with Gasteiger partial charge in [-0.05, 0) is 47.4 Å². The van der Waals surface area contributed by atoms with Crippen molar-refractivity contribution < 1.29 is 9.53 Å². The molecule has 2 aromatic rings. The van der Waals surface area contributed by atoms with E-state index in [-0.39, 0.29) is 0 Å². The summed E-state index contributed by atoms with van der Waals surface area (Å²) in [6, 6.07) is 13.2. The summed E-state index contributed by atoms with van der Waals surface area (Å²) in [7, 11) is 0. The van der Waals surface area contributed by atoms with Crippen LogP contribution >= 0.6 is 15.9 Å². The lowest BCUT2D eigenvalue weighted by molar-refractivity contribution is 0.1000. The first-order chi connectivity index (χ1) is 9.97. The number of carbonyl (C=O) groups excluding carboxylic acids is 1. The summed E-state index contributed by atoms with van der Waals surface area (Å²) in [4.78, 5) is 11.0. The molecule has 0 atom stereocenters. The number of halogens is 1. The van der Waals surface area contributed by atoms with Gasteiger partial charge in [0.2, 0.25) is 5.91 Å². The molecule has 2 aromatic carbocycles. The molecule has 0 fully saturated rings. The molecule has 3 nitrogen and oxygen atoms in total. The summed E-state index contributed by atoms with van der Waals surface area (Å²) < 4.78 is 6.95. The Bertz CT molecular complexity index is 636. The predicted molar refractivity (Wildman–Crippen MR) is 87.5 cm³/mol. The molecule has 1 amide bonds. The van der Waals surface area contributed by atoms with Crippen LogP contribution in [-0.4, -0.2) is 5.91 Å². The minimum atomic E-state index is -0.419. The fraction of sp³-hybridized carbons (Fsp3) is 0.235. The Kier molecular flexibility index (Phi) is 5.02. The molecule has 0 radical (unpaired) electrons. The van der Waals surface area contributed by atoms with E-state index in [4.69, 9.17) is 10.5 Å². The van der Waals surface area contributed by atoms with Crippen molar-refractivity contribution >= 4 is 21.8 Å². The van der Waals surface area contributed by atoms with E-state index < -0.39 is 5.91 Å². The van der Waals surface area contributed by atoms with Crippen LogP contribution < -0.4 is 10.5 Å². The zero-order chi connectivity index (χ0) is 15.4. The van der Waals surface area contributed by atoms with Crippen LogP contribution in [0, 0.1) is 0 Å². The third-order valence-electron chi connectivity index (χ3n) is 3.23. The number of primary amides is 1. The third kappa shape index (κ3) is 4.08. The summed E-state index contributed by atoms with van der Waals surface area (Å²) in [5, 5.41) is 0. The Labute approximate surface area is 133 Å². The van der Waals surface area contributed by atoms with Crippen molar-refractivity contribution in [2.45, 2.75) is 26.4 Å². The number of carbonyl (C=O) groups is 1. The Balaban J connectivity index is 2.11. The van der Waals surface area contributed by atoms with Gasteiger partial charge in [-0.1, -0.05) is 41.9 Å². The van der Waals surface area contributed by atoms with Gasteiger partial charge in [-0.3, -0.25) is 4.79 Å². The Morgan fingerprint density at radius 3 is 2.43 bits per heavy atom. The van der Waals surface area contributed by atoms with E-state index in [1.54, 1.807) is 12.1 Å². The van der Waals surface area contributed by atoms with Gasteiger partial charge in [-0.2, -0.15) is 0 Å². The average molecular weight is 348 g/mol. The van der Waals surface area contributed by atoms with Crippen LogP contribution in [0.4, 0.5) is 0 Å². The largest absolute Gasteiger partial charge is 0.489 e. The highest BCUT2D eigenvalue weighted by molar-refractivity contribution is 9.10. The molecule has 0 aliphatic heterocycles. The maximum Gasteiger partial charge on any atom is 0.248 e. The fourth-order valence-electron chi connectivity index (χ4n) is 2.03. The van der Waals surface area contributed by atoms with Crippen LogP contribution in [0.1, 0.15) is 41.3 Å². The maximum atomic E-state index is 11.0. The number of nitrogens with two attached hydrogens (primary N) is 1. The van der Waals surface area contributed by atoms with Gasteiger partial charge in [0.05, 0.1) is 0 Å². The van der Waals surface area contributed by atoms with Crippen LogP contribution in [0.5, 0.6) is 5.75 Å². The van der Waals surface area contributed by atoms with E-state index in [0.717, 1.165) is 21.3 Å². The van der Waals surface area contributed by atoms with E-state index in [1.165, 1.54) is 0 Å². The Morgan fingerprint density at radius 1 is 1.19 bits per heavy atom. The Morgan fingerprint density at radius 2 is 1.86 bits per heavy atom. The molecule has 4 heteroatoms. The predicted octanol–water partition coefficient (Wildman–Crippen LogP) is 4.25. The van der Waals surface area contributed by atoms with Crippen molar-refractivity contribution in [1.29, 1.82) is 0 Å². The summed E-state index contributed by atoms with van der Waals surface area (Å²) in [6.07, 6.45) is 0. The normalized spacial score (nSPS) is 10.7. The molecule has 0 aliphatic carbocycles. The summed E-state index contributed by atoms with van der Waals surface area (Å²) >= 11 is 3.48. The van der Waals surface area contributed by atoms with Crippen molar-refractivity contribution in [2.75, 3.05) is 0 Å². The Hall–Kier alpha value is -1.81. The molecule has 2 rings (SSSR count). The lowest BCUT2D eigenvalue weighted by Gasteiger charge is -2.14. The molecule has 2 N–H and O–H groups in total. The summed E-state index contributed by atoms with van der Waals surface area (Å²) in [5.41, 5.74) is 7.89. The van der Waals surface area contributed by atoms with Gasteiger partial charge in [0.15, 0.2) is 0 Å². The molecule has 0 saturated carbocycles. The number of hydrogen-bond acceptors (Lipinski definition) is 2. The van der Waals surface area contributed by atoms with Crippen LogP contribution in [0.3, 0.4) is 0 Å². The lowest BCUT2D eigenvalue weighted by atomic mass is 10.0. The number of hydrogen-bond donors (Lipinski definition) is 1. The molecule has 0 bridgehead atoms. The van der Waals surface area contributed by atoms with Crippen molar-refractivity contribution in [1.82, 2.24) is 0 Å². The topological polar surface area (TPSA) is 52.3 Å². The van der Waals surface area contributed by atoms with Gasteiger partial charge in [0.1, 0.15) is 12.4 Å². The highest BCUT2D eigenvalue weighted by Gasteiger charge is 2.09.